The Hall–Kier alpha value is -4.18. The second-order valence-corrected chi connectivity index (χ2v) is 8.63. The average molecular weight is 506 g/mol. The largest absolute Gasteiger partial charge is 0.497 e. The molecule has 0 saturated heterocycles. The van der Waals surface area contributed by atoms with Gasteiger partial charge in [-0.05, 0) is 42.0 Å². The molecule has 0 aliphatic heterocycles. The third-order valence-corrected chi connectivity index (χ3v) is 6.09. The van der Waals surface area contributed by atoms with Crippen molar-refractivity contribution in [3.63, 3.8) is 0 Å². The van der Waals surface area contributed by atoms with Gasteiger partial charge < -0.3 is 15.4 Å². The van der Waals surface area contributed by atoms with E-state index in [-0.39, 0.29) is 36.2 Å². The molecule has 10 heteroatoms. The van der Waals surface area contributed by atoms with Crippen LogP contribution in [-0.2, 0) is 22.6 Å². The summed E-state index contributed by atoms with van der Waals surface area (Å²) in [7, 11) is 1.59. The summed E-state index contributed by atoms with van der Waals surface area (Å²) >= 11 is 1.17. The lowest BCUT2D eigenvalue weighted by Gasteiger charge is -2.11. The van der Waals surface area contributed by atoms with E-state index in [1.165, 1.54) is 23.9 Å². The predicted molar refractivity (Wildman–Crippen MR) is 136 cm³/mol. The number of amides is 2. The highest BCUT2D eigenvalue weighted by molar-refractivity contribution is 7.99. The van der Waals surface area contributed by atoms with Gasteiger partial charge in [-0.3, -0.25) is 14.2 Å². The molecule has 0 unspecified atom stereocenters. The van der Waals surface area contributed by atoms with E-state index in [4.69, 9.17) is 4.74 Å². The van der Waals surface area contributed by atoms with E-state index in [2.05, 4.69) is 20.8 Å². The van der Waals surface area contributed by atoms with Crippen molar-refractivity contribution in [2.75, 3.05) is 18.2 Å². The maximum atomic E-state index is 13.8. The number of methoxy groups -OCH3 is 1. The number of carbonyl (C=O) groups is 2. The van der Waals surface area contributed by atoms with Crippen molar-refractivity contribution in [2.45, 2.75) is 18.1 Å². The van der Waals surface area contributed by atoms with Crippen LogP contribution in [0.1, 0.15) is 11.4 Å². The number of carbonyl (C=O) groups excluding carboxylic acids is 2. The fourth-order valence-electron chi connectivity index (χ4n) is 3.39. The molecule has 0 spiro atoms. The molecule has 184 valence electrons. The molecule has 1 heterocycles. The second-order valence-electron chi connectivity index (χ2n) is 7.69. The Kier molecular flexibility index (Phi) is 8.30. The molecule has 4 rings (SSSR count). The maximum Gasteiger partial charge on any atom is 0.234 e. The van der Waals surface area contributed by atoms with E-state index >= 15 is 0 Å². The van der Waals surface area contributed by atoms with E-state index in [0.717, 1.165) is 17.0 Å². The molecule has 0 radical (unpaired) electrons. The number of para-hydroxylation sites is 2. The number of benzene rings is 3. The lowest BCUT2D eigenvalue weighted by atomic mass is 10.1. The maximum absolute atomic E-state index is 13.8. The Morgan fingerprint density at radius 2 is 1.67 bits per heavy atom. The minimum absolute atomic E-state index is 0.00311. The van der Waals surface area contributed by atoms with Gasteiger partial charge in [0.05, 0.1) is 31.5 Å². The van der Waals surface area contributed by atoms with E-state index in [1.807, 2.05) is 42.5 Å². The summed E-state index contributed by atoms with van der Waals surface area (Å²) < 4.78 is 20.8. The molecule has 4 aromatic rings. The summed E-state index contributed by atoms with van der Waals surface area (Å²) in [5.41, 5.74) is 1.77. The SMILES string of the molecule is COc1ccc(CC(=O)NCc2nnc(SCC(=O)Nc3ccccc3F)n2-c2ccccc2)cc1. The van der Waals surface area contributed by atoms with E-state index in [0.29, 0.717) is 11.0 Å². The molecule has 8 nitrogen and oxygen atoms in total. The van der Waals surface area contributed by atoms with Crippen molar-refractivity contribution >= 4 is 29.3 Å². The molecule has 0 bridgehead atoms. The number of thioether (sulfide) groups is 1. The summed E-state index contributed by atoms with van der Waals surface area (Å²) in [6, 6.07) is 22.7. The van der Waals surface area contributed by atoms with Crippen molar-refractivity contribution in [1.29, 1.82) is 0 Å². The van der Waals surface area contributed by atoms with E-state index in [9.17, 15) is 14.0 Å². The standard InChI is InChI=1S/C26H24FN5O3S/c1-35-20-13-11-18(12-14-20)15-24(33)28-16-23-30-31-26(32(23)19-7-3-2-4-8-19)36-17-25(34)29-22-10-6-5-9-21(22)27/h2-14H,15-17H2,1H3,(H,28,33)(H,29,34). The summed E-state index contributed by atoms with van der Waals surface area (Å²) in [4.78, 5) is 24.9. The molecule has 1 aromatic heterocycles. The molecular weight excluding hydrogens is 481 g/mol. The normalized spacial score (nSPS) is 10.6. The van der Waals surface area contributed by atoms with Crippen LogP contribution < -0.4 is 15.4 Å². The Morgan fingerprint density at radius 1 is 0.944 bits per heavy atom. The topological polar surface area (TPSA) is 98.1 Å². The molecule has 0 saturated carbocycles. The van der Waals surface area contributed by atoms with E-state index in [1.54, 1.807) is 35.9 Å². The fraction of sp³-hybridized carbons (Fsp3) is 0.154. The quantitative estimate of drug-likeness (QED) is 0.316. The minimum atomic E-state index is -0.504. The average Bonchev–Trinajstić information content (AvgIpc) is 3.31. The zero-order chi connectivity index (χ0) is 25.3. The van der Waals surface area contributed by atoms with Gasteiger partial charge in [-0.15, -0.1) is 10.2 Å². The number of hydrogen-bond donors (Lipinski definition) is 2. The lowest BCUT2D eigenvalue weighted by molar-refractivity contribution is -0.120. The molecule has 2 amide bonds. The van der Waals surface area contributed by atoms with Gasteiger partial charge in [0.2, 0.25) is 11.8 Å². The molecule has 2 N–H and O–H groups in total. The summed E-state index contributed by atoms with van der Waals surface area (Å²) in [5, 5.41) is 14.4. The zero-order valence-corrected chi connectivity index (χ0v) is 20.3. The van der Waals surface area contributed by atoms with Crippen LogP contribution in [0.4, 0.5) is 10.1 Å². The number of rotatable bonds is 10. The summed E-state index contributed by atoms with van der Waals surface area (Å²) in [6.45, 7) is 0.152. The van der Waals surface area contributed by atoms with Crippen molar-refractivity contribution in [3.8, 4) is 11.4 Å². The van der Waals surface area contributed by atoms with Crippen molar-refractivity contribution in [3.05, 3.63) is 96.1 Å². The molecule has 0 aliphatic carbocycles. The van der Waals surface area contributed by atoms with Gasteiger partial charge in [-0.25, -0.2) is 4.39 Å². The number of nitrogens with one attached hydrogen (secondary N) is 2. The third kappa shape index (κ3) is 6.48. The summed E-state index contributed by atoms with van der Waals surface area (Å²) in [6.07, 6.45) is 0.210. The zero-order valence-electron chi connectivity index (χ0n) is 19.5. The molecule has 36 heavy (non-hydrogen) atoms. The van der Waals surface area contributed by atoms with Crippen LogP contribution in [0.3, 0.4) is 0 Å². The Bertz CT molecular complexity index is 1330. The smallest absolute Gasteiger partial charge is 0.234 e. The van der Waals surface area contributed by atoms with Gasteiger partial charge in [0, 0.05) is 5.69 Å². The Balaban J connectivity index is 1.43. The van der Waals surface area contributed by atoms with Crippen molar-refractivity contribution in [2.24, 2.45) is 0 Å². The number of halogens is 1. The van der Waals surface area contributed by atoms with Crippen LogP contribution in [0, 0.1) is 5.82 Å². The first-order valence-electron chi connectivity index (χ1n) is 11.1. The van der Waals surface area contributed by atoms with E-state index < -0.39 is 5.82 Å². The Morgan fingerprint density at radius 3 is 2.39 bits per heavy atom. The van der Waals surface area contributed by atoms with Gasteiger partial charge in [0.1, 0.15) is 11.6 Å². The minimum Gasteiger partial charge on any atom is -0.497 e. The number of nitrogens with zero attached hydrogens (tertiary/aromatic N) is 3. The predicted octanol–water partition coefficient (Wildman–Crippen LogP) is 4.00. The third-order valence-electron chi connectivity index (χ3n) is 5.16. The monoisotopic (exact) mass is 505 g/mol. The Labute approximate surface area is 211 Å². The number of hydrogen-bond acceptors (Lipinski definition) is 6. The second kappa shape index (κ2) is 12.0. The first-order valence-corrected chi connectivity index (χ1v) is 12.1. The lowest BCUT2D eigenvalue weighted by Crippen LogP contribution is -2.26. The van der Waals surface area contributed by atoms with Gasteiger partial charge in [-0.2, -0.15) is 0 Å². The number of anilines is 1. The molecule has 3 aromatic carbocycles. The van der Waals surface area contributed by atoms with Gasteiger partial charge in [0.25, 0.3) is 0 Å². The number of ether oxygens (including phenoxy) is 1. The van der Waals surface area contributed by atoms with Crippen LogP contribution in [0.25, 0.3) is 5.69 Å². The van der Waals surface area contributed by atoms with Gasteiger partial charge in [0.15, 0.2) is 11.0 Å². The molecule has 0 aliphatic rings. The first kappa shape index (κ1) is 24.9. The molecule has 0 fully saturated rings. The highest BCUT2D eigenvalue weighted by Gasteiger charge is 2.17. The van der Waals surface area contributed by atoms with Crippen molar-refractivity contribution in [1.82, 2.24) is 20.1 Å². The van der Waals surface area contributed by atoms with Crippen molar-refractivity contribution < 1.29 is 18.7 Å². The number of aromatic nitrogens is 3. The van der Waals surface area contributed by atoms with Crippen LogP contribution in [0.5, 0.6) is 5.75 Å². The molecule has 0 atom stereocenters. The van der Waals surface area contributed by atoms with Gasteiger partial charge in [-0.1, -0.05) is 54.2 Å². The van der Waals surface area contributed by atoms with Crippen LogP contribution >= 0.6 is 11.8 Å². The van der Waals surface area contributed by atoms with Crippen LogP contribution in [0.2, 0.25) is 0 Å². The van der Waals surface area contributed by atoms with Gasteiger partial charge >= 0.3 is 0 Å². The summed E-state index contributed by atoms with van der Waals surface area (Å²) in [5.74, 6) is 0.201. The first-order chi connectivity index (χ1) is 17.5. The fourth-order valence-corrected chi connectivity index (χ4v) is 4.16. The molecular formula is C26H24FN5O3S. The highest BCUT2D eigenvalue weighted by Crippen LogP contribution is 2.23. The highest BCUT2D eigenvalue weighted by atomic mass is 32.2. The van der Waals surface area contributed by atoms with Crippen LogP contribution in [0.15, 0.2) is 84.0 Å². The van der Waals surface area contributed by atoms with Crippen LogP contribution in [-0.4, -0.2) is 39.4 Å².